The van der Waals surface area contributed by atoms with E-state index in [-0.39, 0.29) is 5.91 Å². The molecule has 0 unspecified atom stereocenters. The number of nitrogens with one attached hydrogen (secondary N) is 2. The minimum atomic E-state index is -0.227. The standard InChI is InChI=1S/C20H23N5O3/c1-14(26)25-20(22-13-16-7-5-9-18(11-16)28-3)23-19(24-25)21-12-15-6-4-8-17(10-15)27-2/h4-11H,12-13H2,1-3H3,(H2,21,22,23,24). The van der Waals surface area contributed by atoms with Gasteiger partial charge in [-0.1, -0.05) is 24.3 Å². The minimum Gasteiger partial charge on any atom is -0.497 e. The summed E-state index contributed by atoms with van der Waals surface area (Å²) in [6, 6.07) is 15.4. The molecule has 0 radical (unpaired) electrons. The zero-order valence-electron chi connectivity index (χ0n) is 16.1. The topological polar surface area (TPSA) is 90.3 Å². The van der Waals surface area contributed by atoms with Gasteiger partial charge in [0.2, 0.25) is 17.8 Å². The van der Waals surface area contributed by atoms with Crippen LogP contribution in [0.4, 0.5) is 11.9 Å². The third-order valence-corrected chi connectivity index (χ3v) is 4.07. The first-order chi connectivity index (χ1) is 13.6. The largest absolute Gasteiger partial charge is 0.497 e. The zero-order chi connectivity index (χ0) is 19.9. The molecule has 0 saturated carbocycles. The summed E-state index contributed by atoms with van der Waals surface area (Å²) in [5.74, 6) is 2.07. The SMILES string of the molecule is COc1cccc(CNc2nc(NCc3cccc(OC)c3)n(C(C)=O)n2)c1. The fourth-order valence-corrected chi connectivity index (χ4v) is 2.65. The molecule has 0 spiro atoms. The second kappa shape index (κ2) is 8.90. The zero-order valence-corrected chi connectivity index (χ0v) is 16.1. The third-order valence-electron chi connectivity index (χ3n) is 4.07. The highest BCUT2D eigenvalue weighted by Gasteiger charge is 2.13. The lowest BCUT2D eigenvalue weighted by Crippen LogP contribution is -2.13. The van der Waals surface area contributed by atoms with E-state index in [1.54, 1.807) is 14.2 Å². The van der Waals surface area contributed by atoms with Crippen LogP contribution in [0.15, 0.2) is 48.5 Å². The number of nitrogens with zero attached hydrogens (tertiary/aromatic N) is 3. The van der Waals surface area contributed by atoms with Crippen molar-refractivity contribution in [2.24, 2.45) is 0 Å². The molecule has 2 N–H and O–H groups in total. The van der Waals surface area contributed by atoms with Crippen molar-refractivity contribution in [3.63, 3.8) is 0 Å². The molecule has 3 rings (SSSR count). The molecule has 0 aliphatic carbocycles. The maximum Gasteiger partial charge on any atom is 0.247 e. The maximum absolute atomic E-state index is 11.9. The van der Waals surface area contributed by atoms with Gasteiger partial charge >= 0.3 is 0 Å². The molecular weight excluding hydrogens is 358 g/mol. The van der Waals surface area contributed by atoms with E-state index in [1.807, 2.05) is 48.5 Å². The molecule has 0 aliphatic rings. The molecule has 146 valence electrons. The van der Waals surface area contributed by atoms with Crippen LogP contribution in [0.25, 0.3) is 0 Å². The summed E-state index contributed by atoms with van der Waals surface area (Å²) >= 11 is 0. The number of benzene rings is 2. The summed E-state index contributed by atoms with van der Waals surface area (Å²) in [6.07, 6.45) is 0. The van der Waals surface area contributed by atoms with Crippen molar-refractivity contribution >= 4 is 17.8 Å². The van der Waals surface area contributed by atoms with E-state index >= 15 is 0 Å². The van der Waals surface area contributed by atoms with Gasteiger partial charge in [0.1, 0.15) is 11.5 Å². The first-order valence-electron chi connectivity index (χ1n) is 8.80. The molecule has 8 nitrogen and oxygen atoms in total. The number of carbonyl (C=O) groups excluding carboxylic acids is 1. The fraction of sp³-hybridized carbons (Fsp3) is 0.250. The van der Waals surface area contributed by atoms with Crippen molar-refractivity contribution in [1.82, 2.24) is 14.8 Å². The number of anilines is 2. The summed E-state index contributed by atoms with van der Waals surface area (Å²) in [4.78, 5) is 16.3. The van der Waals surface area contributed by atoms with Gasteiger partial charge in [-0.3, -0.25) is 4.79 Å². The lowest BCUT2D eigenvalue weighted by Gasteiger charge is -2.07. The van der Waals surface area contributed by atoms with Gasteiger partial charge in [0.05, 0.1) is 14.2 Å². The van der Waals surface area contributed by atoms with Crippen LogP contribution in [0, 0.1) is 0 Å². The summed E-state index contributed by atoms with van der Waals surface area (Å²) in [6.45, 7) is 2.43. The number of hydrogen-bond acceptors (Lipinski definition) is 7. The lowest BCUT2D eigenvalue weighted by molar-refractivity contribution is 0.0924. The van der Waals surface area contributed by atoms with Crippen molar-refractivity contribution in [3.8, 4) is 11.5 Å². The minimum absolute atomic E-state index is 0.227. The van der Waals surface area contributed by atoms with Crippen LogP contribution in [-0.4, -0.2) is 34.9 Å². The number of methoxy groups -OCH3 is 2. The molecular formula is C20H23N5O3. The highest BCUT2D eigenvalue weighted by molar-refractivity contribution is 5.78. The Balaban J connectivity index is 1.69. The summed E-state index contributed by atoms with van der Waals surface area (Å²) in [5.41, 5.74) is 2.02. The molecule has 3 aromatic rings. The van der Waals surface area contributed by atoms with Crippen molar-refractivity contribution in [3.05, 3.63) is 59.7 Å². The second-order valence-electron chi connectivity index (χ2n) is 6.10. The Labute approximate surface area is 163 Å². The van der Waals surface area contributed by atoms with Gasteiger partial charge in [-0.2, -0.15) is 9.67 Å². The van der Waals surface area contributed by atoms with Crippen molar-refractivity contribution < 1.29 is 14.3 Å². The molecule has 28 heavy (non-hydrogen) atoms. The third kappa shape index (κ3) is 4.79. The predicted molar refractivity (Wildman–Crippen MR) is 107 cm³/mol. The lowest BCUT2D eigenvalue weighted by atomic mass is 10.2. The summed E-state index contributed by atoms with van der Waals surface area (Å²) in [7, 11) is 3.25. The van der Waals surface area contributed by atoms with Crippen LogP contribution < -0.4 is 20.1 Å². The van der Waals surface area contributed by atoms with Crippen LogP contribution in [0.3, 0.4) is 0 Å². The van der Waals surface area contributed by atoms with E-state index in [0.717, 1.165) is 22.6 Å². The van der Waals surface area contributed by atoms with Crippen LogP contribution in [0.2, 0.25) is 0 Å². The Morgan fingerprint density at radius 1 is 0.964 bits per heavy atom. The average Bonchev–Trinajstić information content (AvgIpc) is 3.14. The molecule has 0 aliphatic heterocycles. The molecule has 1 aromatic heterocycles. The van der Waals surface area contributed by atoms with Gasteiger partial charge < -0.3 is 20.1 Å². The quantitative estimate of drug-likeness (QED) is 0.619. The van der Waals surface area contributed by atoms with E-state index in [4.69, 9.17) is 9.47 Å². The van der Waals surface area contributed by atoms with Crippen molar-refractivity contribution in [2.45, 2.75) is 20.0 Å². The molecule has 0 saturated heterocycles. The van der Waals surface area contributed by atoms with E-state index in [0.29, 0.717) is 25.0 Å². The van der Waals surface area contributed by atoms with Crippen LogP contribution >= 0.6 is 0 Å². The Bertz CT molecular complexity index is 955. The number of hydrogen-bond donors (Lipinski definition) is 2. The second-order valence-corrected chi connectivity index (χ2v) is 6.10. The normalized spacial score (nSPS) is 10.4. The molecule has 0 atom stereocenters. The highest BCUT2D eigenvalue weighted by Crippen LogP contribution is 2.17. The van der Waals surface area contributed by atoms with Gasteiger partial charge in [0.15, 0.2) is 0 Å². The Hall–Kier alpha value is -3.55. The monoisotopic (exact) mass is 381 g/mol. The summed E-state index contributed by atoms with van der Waals surface area (Å²) < 4.78 is 11.7. The summed E-state index contributed by atoms with van der Waals surface area (Å²) in [5, 5.41) is 10.5. The number of carbonyl (C=O) groups is 1. The van der Waals surface area contributed by atoms with Crippen molar-refractivity contribution in [1.29, 1.82) is 0 Å². The molecule has 0 fully saturated rings. The molecule has 8 heteroatoms. The first-order valence-corrected chi connectivity index (χ1v) is 8.80. The molecule has 2 aromatic carbocycles. The number of ether oxygens (including phenoxy) is 2. The number of rotatable bonds is 8. The van der Waals surface area contributed by atoms with Gasteiger partial charge in [-0.05, 0) is 35.4 Å². The van der Waals surface area contributed by atoms with Gasteiger partial charge in [-0.25, -0.2) is 0 Å². The Kier molecular flexibility index (Phi) is 6.11. The van der Waals surface area contributed by atoms with Gasteiger partial charge in [-0.15, -0.1) is 5.10 Å². The van der Waals surface area contributed by atoms with Crippen LogP contribution in [-0.2, 0) is 13.1 Å². The van der Waals surface area contributed by atoms with E-state index in [2.05, 4.69) is 20.7 Å². The molecule has 0 amide bonds. The van der Waals surface area contributed by atoms with E-state index < -0.39 is 0 Å². The first kappa shape index (κ1) is 19.2. The highest BCUT2D eigenvalue weighted by atomic mass is 16.5. The van der Waals surface area contributed by atoms with Crippen LogP contribution in [0.5, 0.6) is 11.5 Å². The van der Waals surface area contributed by atoms with Crippen molar-refractivity contribution in [2.75, 3.05) is 24.9 Å². The van der Waals surface area contributed by atoms with Gasteiger partial charge in [0.25, 0.3) is 0 Å². The Morgan fingerprint density at radius 3 is 2.07 bits per heavy atom. The fourth-order valence-electron chi connectivity index (χ4n) is 2.65. The molecule has 1 heterocycles. The number of aromatic nitrogens is 3. The maximum atomic E-state index is 11.9. The predicted octanol–water partition coefficient (Wildman–Crippen LogP) is 3.18. The van der Waals surface area contributed by atoms with Crippen LogP contribution in [0.1, 0.15) is 22.8 Å². The Morgan fingerprint density at radius 2 is 1.54 bits per heavy atom. The van der Waals surface area contributed by atoms with Gasteiger partial charge in [0, 0.05) is 20.0 Å². The molecule has 0 bridgehead atoms. The van der Waals surface area contributed by atoms with E-state index in [1.165, 1.54) is 11.6 Å². The average molecular weight is 381 g/mol. The van der Waals surface area contributed by atoms with E-state index in [9.17, 15) is 4.79 Å². The smallest absolute Gasteiger partial charge is 0.247 e.